The number of hydrogen-bond acceptors (Lipinski definition) is 2. The van der Waals surface area contributed by atoms with Gasteiger partial charge in [0.25, 0.3) is 0 Å². The molecule has 1 unspecified atom stereocenters. The lowest BCUT2D eigenvalue weighted by molar-refractivity contribution is -0.136. The van der Waals surface area contributed by atoms with E-state index in [1.807, 2.05) is 36.4 Å². The zero-order valence-corrected chi connectivity index (χ0v) is 13.2. The molecule has 2 rings (SSSR count). The first-order valence-corrected chi connectivity index (χ1v) is 8.06. The van der Waals surface area contributed by atoms with Gasteiger partial charge in [0, 0.05) is 5.75 Å². The Morgan fingerprint density at radius 3 is 2.24 bits per heavy atom. The van der Waals surface area contributed by atoms with Crippen molar-refractivity contribution in [3.63, 3.8) is 0 Å². The van der Waals surface area contributed by atoms with Gasteiger partial charge in [-0.1, -0.05) is 48.5 Å². The molecule has 2 aromatic rings. The van der Waals surface area contributed by atoms with Crippen LogP contribution in [0.15, 0.2) is 48.5 Å². The van der Waals surface area contributed by atoms with E-state index in [9.17, 15) is 9.90 Å². The van der Waals surface area contributed by atoms with E-state index >= 15 is 0 Å². The molecule has 0 aliphatic heterocycles. The van der Waals surface area contributed by atoms with Crippen molar-refractivity contribution in [3.05, 3.63) is 70.8 Å². The molecule has 0 spiro atoms. The number of carbonyl (C=O) groups is 1. The standard InChI is InChI=1S/C18H20O2S/c1-13-7-6-8-14(2)16(13)12-21-17(18(19)20)11-15-9-4-3-5-10-15/h3-10,17H,11-12H2,1-2H3,(H,19,20). The quantitative estimate of drug-likeness (QED) is 0.867. The van der Waals surface area contributed by atoms with E-state index in [4.69, 9.17) is 0 Å². The molecule has 0 saturated carbocycles. The first-order chi connectivity index (χ1) is 10.1. The Morgan fingerprint density at radius 1 is 1.05 bits per heavy atom. The van der Waals surface area contributed by atoms with Gasteiger partial charge < -0.3 is 5.11 Å². The van der Waals surface area contributed by atoms with Crippen LogP contribution < -0.4 is 0 Å². The second-order valence-corrected chi connectivity index (χ2v) is 6.39. The first-order valence-electron chi connectivity index (χ1n) is 7.01. The maximum absolute atomic E-state index is 11.5. The molecule has 1 atom stereocenters. The molecule has 21 heavy (non-hydrogen) atoms. The van der Waals surface area contributed by atoms with Gasteiger partial charge in [-0.15, -0.1) is 11.8 Å². The van der Waals surface area contributed by atoms with Gasteiger partial charge in [0.2, 0.25) is 0 Å². The van der Waals surface area contributed by atoms with Crippen LogP contribution in [0.25, 0.3) is 0 Å². The van der Waals surface area contributed by atoms with Crippen molar-refractivity contribution in [3.8, 4) is 0 Å². The number of carboxylic acid groups (broad SMARTS) is 1. The molecular weight excluding hydrogens is 280 g/mol. The minimum Gasteiger partial charge on any atom is -0.480 e. The Hall–Kier alpha value is -1.74. The Balaban J connectivity index is 2.06. The minimum absolute atomic E-state index is 0.411. The molecule has 0 bridgehead atoms. The molecular formula is C18H20O2S. The summed E-state index contributed by atoms with van der Waals surface area (Å²) in [6.45, 7) is 4.16. The van der Waals surface area contributed by atoms with Crippen LogP contribution in [0.3, 0.4) is 0 Å². The average molecular weight is 300 g/mol. The molecule has 2 aromatic carbocycles. The highest BCUT2D eigenvalue weighted by Crippen LogP contribution is 2.25. The molecule has 110 valence electrons. The van der Waals surface area contributed by atoms with Gasteiger partial charge in [-0.25, -0.2) is 0 Å². The van der Waals surface area contributed by atoms with E-state index in [1.54, 1.807) is 0 Å². The summed E-state index contributed by atoms with van der Waals surface area (Å²) in [4.78, 5) is 11.5. The second kappa shape index (κ2) is 7.32. The molecule has 0 radical (unpaired) electrons. The molecule has 2 nitrogen and oxygen atoms in total. The van der Waals surface area contributed by atoms with Crippen LogP contribution >= 0.6 is 11.8 Å². The van der Waals surface area contributed by atoms with Crippen LogP contribution in [0.5, 0.6) is 0 Å². The third kappa shape index (κ3) is 4.36. The normalized spacial score (nSPS) is 12.1. The highest BCUT2D eigenvalue weighted by molar-refractivity contribution is 7.99. The van der Waals surface area contributed by atoms with Gasteiger partial charge in [-0.05, 0) is 42.5 Å². The summed E-state index contributed by atoms with van der Waals surface area (Å²) in [5.41, 5.74) is 4.78. The molecule has 0 aliphatic rings. The summed E-state index contributed by atoms with van der Waals surface area (Å²) in [7, 11) is 0. The Bertz CT molecular complexity index is 588. The van der Waals surface area contributed by atoms with Gasteiger partial charge >= 0.3 is 5.97 Å². The summed E-state index contributed by atoms with van der Waals surface area (Å²) in [6.07, 6.45) is 0.561. The zero-order chi connectivity index (χ0) is 15.2. The minimum atomic E-state index is -0.741. The van der Waals surface area contributed by atoms with Crippen LogP contribution in [0.1, 0.15) is 22.3 Å². The van der Waals surface area contributed by atoms with E-state index in [0.717, 1.165) is 11.3 Å². The van der Waals surface area contributed by atoms with Gasteiger partial charge in [-0.3, -0.25) is 4.79 Å². The van der Waals surface area contributed by atoms with E-state index in [1.165, 1.54) is 28.5 Å². The van der Waals surface area contributed by atoms with Crippen LogP contribution in [-0.2, 0) is 17.0 Å². The highest BCUT2D eigenvalue weighted by atomic mass is 32.2. The Labute approximate surface area is 130 Å². The molecule has 0 fully saturated rings. The number of aryl methyl sites for hydroxylation is 2. The smallest absolute Gasteiger partial charge is 0.316 e. The number of benzene rings is 2. The fraction of sp³-hybridized carbons (Fsp3) is 0.278. The molecule has 0 aliphatic carbocycles. The van der Waals surface area contributed by atoms with Crippen molar-refractivity contribution in [1.82, 2.24) is 0 Å². The molecule has 0 aromatic heterocycles. The van der Waals surface area contributed by atoms with Gasteiger partial charge in [-0.2, -0.15) is 0 Å². The van der Waals surface area contributed by atoms with Crippen LogP contribution in [0.4, 0.5) is 0 Å². The highest BCUT2D eigenvalue weighted by Gasteiger charge is 2.19. The van der Waals surface area contributed by atoms with Gasteiger partial charge in [0.15, 0.2) is 0 Å². The number of thioether (sulfide) groups is 1. The Kier molecular flexibility index (Phi) is 5.45. The topological polar surface area (TPSA) is 37.3 Å². The Morgan fingerprint density at radius 2 is 1.67 bits per heavy atom. The molecule has 3 heteroatoms. The van der Waals surface area contributed by atoms with Crippen molar-refractivity contribution in [1.29, 1.82) is 0 Å². The lowest BCUT2D eigenvalue weighted by atomic mass is 10.1. The number of rotatable bonds is 6. The van der Waals surface area contributed by atoms with E-state index < -0.39 is 11.2 Å². The van der Waals surface area contributed by atoms with Crippen molar-refractivity contribution in [2.75, 3.05) is 0 Å². The third-order valence-electron chi connectivity index (χ3n) is 3.61. The van der Waals surface area contributed by atoms with Crippen LogP contribution in [-0.4, -0.2) is 16.3 Å². The SMILES string of the molecule is Cc1cccc(C)c1CSC(Cc1ccccc1)C(=O)O. The molecule has 0 saturated heterocycles. The van der Waals surface area contributed by atoms with Crippen molar-refractivity contribution in [2.24, 2.45) is 0 Å². The van der Waals surface area contributed by atoms with Crippen molar-refractivity contribution >= 4 is 17.7 Å². The van der Waals surface area contributed by atoms with E-state index in [0.29, 0.717) is 6.42 Å². The van der Waals surface area contributed by atoms with Gasteiger partial charge in [0.1, 0.15) is 5.25 Å². The van der Waals surface area contributed by atoms with Gasteiger partial charge in [0.05, 0.1) is 0 Å². The fourth-order valence-electron chi connectivity index (χ4n) is 2.31. The fourth-order valence-corrected chi connectivity index (χ4v) is 3.58. The average Bonchev–Trinajstić information content (AvgIpc) is 2.46. The number of aliphatic carboxylic acids is 1. The lowest BCUT2D eigenvalue weighted by Gasteiger charge is -2.14. The predicted molar refractivity (Wildman–Crippen MR) is 88.8 cm³/mol. The third-order valence-corrected chi connectivity index (χ3v) is 4.84. The van der Waals surface area contributed by atoms with E-state index in [-0.39, 0.29) is 0 Å². The second-order valence-electron chi connectivity index (χ2n) is 5.20. The predicted octanol–water partition coefficient (Wildman–Crippen LogP) is 4.23. The lowest BCUT2D eigenvalue weighted by Crippen LogP contribution is -2.19. The summed E-state index contributed by atoms with van der Waals surface area (Å²) in [5.74, 6) is -0.00226. The molecule has 0 heterocycles. The molecule has 1 N–H and O–H groups in total. The summed E-state index contributed by atoms with van der Waals surface area (Å²) in [5, 5.41) is 9.02. The van der Waals surface area contributed by atoms with E-state index in [2.05, 4.69) is 26.0 Å². The first kappa shape index (κ1) is 15.6. The summed E-state index contributed by atoms with van der Waals surface area (Å²) in [6, 6.07) is 16.0. The maximum Gasteiger partial charge on any atom is 0.316 e. The van der Waals surface area contributed by atoms with Crippen LogP contribution in [0, 0.1) is 13.8 Å². The van der Waals surface area contributed by atoms with Crippen LogP contribution in [0.2, 0.25) is 0 Å². The zero-order valence-electron chi connectivity index (χ0n) is 12.4. The van der Waals surface area contributed by atoms with Crippen molar-refractivity contribution in [2.45, 2.75) is 31.3 Å². The summed E-state index contributed by atoms with van der Waals surface area (Å²) >= 11 is 1.51. The summed E-state index contributed by atoms with van der Waals surface area (Å²) < 4.78 is 0. The largest absolute Gasteiger partial charge is 0.480 e. The monoisotopic (exact) mass is 300 g/mol. The number of hydrogen-bond donors (Lipinski definition) is 1. The maximum atomic E-state index is 11.5. The van der Waals surface area contributed by atoms with Crippen molar-refractivity contribution < 1.29 is 9.90 Å². The number of carboxylic acids is 1. The molecule has 0 amide bonds.